The average Bonchev–Trinajstić information content (AvgIpc) is 2.91. The maximum atomic E-state index is 4.74. The molecule has 110 valence electrons. The van der Waals surface area contributed by atoms with E-state index in [-0.39, 0.29) is 0 Å². The number of anilines is 2. The second-order valence-electron chi connectivity index (χ2n) is 4.95. The molecular weight excluding hydrogens is 270 g/mol. The van der Waals surface area contributed by atoms with Crippen LogP contribution in [0.2, 0.25) is 0 Å². The lowest BCUT2D eigenvalue weighted by atomic mass is 10.3. The van der Waals surface area contributed by atoms with Crippen molar-refractivity contribution >= 4 is 29.0 Å². The molecule has 1 N–H and O–H groups in total. The molecular formula is C14H23N5S. The molecule has 1 unspecified atom stereocenters. The van der Waals surface area contributed by atoms with Crippen LogP contribution in [0.1, 0.15) is 20.3 Å². The molecule has 0 spiro atoms. The van der Waals surface area contributed by atoms with Gasteiger partial charge in [-0.3, -0.25) is 0 Å². The van der Waals surface area contributed by atoms with Gasteiger partial charge in [0.25, 0.3) is 0 Å². The van der Waals surface area contributed by atoms with Gasteiger partial charge in [-0.2, -0.15) is 11.8 Å². The first-order valence-corrected chi connectivity index (χ1v) is 8.36. The molecule has 2 aromatic rings. The molecule has 0 aromatic carbocycles. The Balaban J connectivity index is 2.36. The zero-order chi connectivity index (χ0) is 14.5. The van der Waals surface area contributed by atoms with Crippen LogP contribution in [0.5, 0.6) is 0 Å². The van der Waals surface area contributed by atoms with Crippen LogP contribution in [0.25, 0.3) is 5.65 Å². The molecule has 2 rings (SSSR count). The minimum absolute atomic E-state index is 0.416. The minimum atomic E-state index is 0.416. The van der Waals surface area contributed by atoms with Crippen molar-refractivity contribution in [3.8, 4) is 0 Å². The Hall–Kier alpha value is -1.43. The maximum Gasteiger partial charge on any atom is 0.180 e. The predicted molar refractivity (Wildman–Crippen MR) is 88.0 cm³/mol. The van der Waals surface area contributed by atoms with Gasteiger partial charge < -0.3 is 14.6 Å². The van der Waals surface area contributed by atoms with Gasteiger partial charge in [0, 0.05) is 37.8 Å². The van der Waals surface area contributed by atoms with Crippen molar-refractivity contribution in [3.63, 3.8) is 0 Å². The first-order valence-electron chi connectivity index (χ1n) is 6.96. The Kier molecular flexibility index (Phi) is 5.11. The highest BCUT2D eigenvalue weighted by molar-refractivity contribution is 7.98. The molecule has 0 radical (unpaired) electrons. The maximum absolute atomic E-state index is 4.74. The van der Waals surface area contributed by atoms with Gasteiger partial charge in [0.05, 0.1) is 6.20 Å². The van der Waals surface area contributed by atoms with Crippen molar-refractivity contribution in [2.45, 2.75) is 26.3 Å². The van der Waals surface area contributed by atoms with Crippen LogP contribution in [0.15, 0.2) is 18.6 Å². The van der Waals surface area contributed by atoms with Crippen molar-refractivity contribution < 1.29 is 0 Å². The third-order valence-electron chi connectivity index (χ3n) is 3.32. The third kappa shape index (κ3) is 3.17. The number of thioether (sulfide) groups is 1. The Bertz CT molecular complexity index is 553. The van der Waals surface area contributed by atoms with Crippen LogP contribution in [0.3, 0.4) is 0 Å². The van der Waals surface area contributed by atoms with Crippen LogP contribution >= 0.6 is 11.8 Å². The van der Waals surface area contributed by atoms with Crippen molar-refractivity contribution in [2.24, 2.45) is 0 Å². The van der Waals surface area contributed by atoms with Crippen molar-refractivity contribution in [3.05, 3.63) is 18.6 Å². The normalized spacial score (nSPS) is 12.6. The van der Waals surface area contributed by atoms with Crippen molar-refractivity contribution in [1.82, 2.24) is 14.4 Å². The minimum Gasteiger partial charge on any atom is -0.369 e. The first-order chi connectivity index (χ1) is 9.67. The Morgan fingerprint density at radius 2 is 2.30 bits per heavy atom. The van der Waals surface area contributed by atoms with Crippen LogP contribution in [0.4, 0.5) is 11.6 Å². The van der Waals surface area contributed by atoms with Gasteiger partial charge in [-0.05, 0) is 19.6 Å². The van der Waals surface area contributed by atoms with E-state index in [0.717, 1.165) is 36.0 Å². The Morgan fingerprint density at radius 3 is 3.00 bits per heavy atom. The van der Waals surface area contributed by atoms with Crippen LogP contribution in [-0.4, -0.2) is 46.0 Å². The molecule has 6 heteroatoms. The molecule has 5 nitrogen and oxygen atoms in total. The van der Waals surface area contributed by atoms with Gasteiger partial charge in [-0.15, -0.1) is 0 Å². The van der Waals surface area contributed by atoms with E-state index >= 15 is 0 Å². The summed E-state index contributed by atoms with van der Waals surface area (Å²) in [4.78, 5) is 11.4. The molecule has 0 aliphatic rings. The fourth-order valence-electron chi connectivity index (χ4n) is 2.05. The van der Waals surface area contributed by atoms with Gasteiger partial charge in [-0.1, -0.05) is 6.92 Å². The van der Waals surface area contributed by atoms with Crippen LogP contribution < -0.4 is 10.2 Å². The van der Waals surface area contributed by atoms with E-state index in [1.807, 2.05) is 34.8 Å². The lowest BCUT2D eigenvalue weighted by Crippen LogP contribution is -2.32. The topological polar surface area (TPSA) is 45.5 Å². The zero-order valence-corrected chi connectivity index (χ0v) is 13.4. The summed E-state index contributed by atoms with van der Waals surface area (Å²) in [5.74, 6) is 2.89. The predicted octanol–water partition coefficient (Wildman–Crippen LogP) is 2.74. The van der Waals surface area contributed by atoms with Crippen LogP contribution in [-0.2, 0) is 0 Å². The molecule has 0 fully saturated rings. The summed E-state index contributed by atoms with van der Waals surface area (Å²) in [7, 11) is 2.08. The summed E-state index contributed by atoms with van der Waals surface area (Å²) in [6.45, 7) is 5.29. The monoisotopic (exact) mass is 293 g/mol. The van der Waals surface area contributed by atoms with E-state index < -0.39 is 0 Å². The summed E-state index contributed by atoms with van der Waals surface area (Å²) in [5.41, 5.74) is 0.905. The molecule has 0 bridgehead atoms. The highest BCUT2D eigenvalue weighted by atomic mass is 32.2. The summed E-state index contributed by atoms with van der Waals surface area (Å²) in [6, 6.07) is 0.416. The summed E-state index contributed by atoms with van der Waals surface area (Å²) in [6.07, 6.45) is 8.98. The number of aromatic nitrogens is 3. The first kappa shape index (κ1) is 15.0. The lowest BCUT2D eigenvalue weighted by molar-refractivity contribution is 0.753. The largest absolute Gasteiger partial charge is 0.369 e. The molecule has 0 saturated heterocycles. The number of fused-ring (bicyclic) bond motifs is 1. The molecule has 1 atom stereocenters. The number of imidazole rings is 1. The molecule has 0 saturated carbocycles. The van der Waals surface area contributed by atoms with E-state index in [1.165, 1.54) is 0 Å². The molecule has 0 aliphatic heterocycles. The molecule has 20 heavy (non-hydrogen) atoms. The van der Waals surface area contributed by atoms with Gasteiger partial charge in [0.15, 0.2) is 11.5 Å². The Labute approximate surface area is 124 Å². The lowest BCUT2D eigenvalue weighted by Gasteiger charge is -2.26. The average molecular weight is 293 g/mol. The molecule has 0 amide bonds. The molecule has 0 aliphatic carbocycles. The number of hydrogen-bond acceptors (Lipinski definition) is 5. The highest BCUT2D eigenvalue weighted by Gasteiger charge is 2.16. The van der Waals surface area contributed by atoms with Crippen molar-refractivity contribution in [2.75, 3.05) is 35.8 Å². The standard InChI is InChI=1S/C14H23N5S/c1-5-6-15-12-9-19-8-7-16-13(19)14(17-12)18(3)11(2)10-20-4/h7-9,11,15H,5-6,10H2,1-4H3. The Morgan fingerprint density at radius 1 is 1.50 bits per heavy atom. The van der Waals surface area contributed by atoms with E-state index in [1.54, 1.807) is 0 Å². The van der Waals surface area contributed by atoms with Gasteiger partial charge in [0.2, 0.25) is 0 Å². The van der Waals surface area contributed by atoms with E-state index in [2.05, 4.69) is 42.4 Å². The number of nitrogens with one attached hydrogen (secondary N) is 1. The van der Waals surface area contributed by atoms with E-state index in [9.17, 15) is 0 Å². The second kappa shape index (κ2) is 6.83. The number of hydrogen-bond donors (Lipinski definition) is 1. The summed E-state index contributed by atoms with van der Waals surface area (Å²) >= 11 is 1.85. The second-order valence-corrected chi connectivity index (χ2v) is 5.86. The van der Waals surface area contributed by atoms with Gasteiger partial charge >= 0.3 is 0 Å². The molecule has 2 aromatic heterocycles. The molecule has 2 heterocycles. The smallest absolute Gasteiger partial charge is 0.180 e. The van der Waals surface area contributed by atoms with Gasteiger partial charge in [0.1, 0.15) is 5.82 Å². The van der Waals surface area contributed by atoms with E-state index in [0.29, 0.717) is 6.04 Å². The van der Waals surface area contributed by atoms with Crippen molar-refractivity contribution in [1.29, 1.82) is 0 Å². The van der Waals surface area contributed by atoms with Gasteiger partial charge in [-0.25, -0.2) is 9.97 Å². The summed E-state index contributed by atoms with van der Waals surface area (Å²) < 4.78 is 2.03. The fourth-order valence-corrected chi connectivity index (χ4v) is 2.76. The van der Waals surface area contributed by atoms with Crippen LogP contribution in [0, 0.1) is 0 Å². The SMILES string of the molecule is CCCNc1cn2ccnc2c(N(C)C(C)CSC)n1. The summed E-state index contributed by atoms with van der Waals surface area (Å²) in [5, 5.41) is 3.35. The highest BCUT2D eigenvalue weighted by Crippen LogP contribution is 2.22. The van der Waals surface area contributed by atoms with E-state index in [4.69, 9.17) is 4.98 Å². The third-order valence-corrected chi connectivity index (χ3v) is 4.13. The quantitative estimate of drug-likeness (QED) is 0.850. The number of rotatable bonds is 7. The zero-order valence-electron chi connectivity index (χ0n) is 12.6. The fraction of sp³-hybridized carbons (Fsp3) is 0.571. The number of nitrogens with zero attached hydrogens (tertiary/aromatic N) is 4.